The van der Waals surface area contributed by atoms with Crippen LogP contribution < -0.4 is 10.1 Å². The van der Waals surface area contributed by atoms with E-state index in [-0.39, 0.29) is 11.3 Å². The van der Waals surface area contributed by atoms with Crippen LogP contribution in [0.2, 0.25) is 0 Å². The monoisotopic (exact) mass is 506 g/mol. The van der Waals surface area contributed by atoms with E-state index >= 15 is 0 Å². The normalized spacial score (nSPS) is 11.4. The maximum absolute atomic E-state index is 12.8. The first-order valence-corrected chi connectivity index (χ1v) is 13.3. The van der Waals surface area contributed by atoms with Gasteiger partial charge in [0.25, 0.3) is 5.91 Å². The Hall–Kier alpha value is -3.89. The standard InChI is InChI=1S/C34H38N2O2/c1-34(2,3)31-19-17-27(18-20-31)24-35-33(37)30-15-10-16-32(23-30)38-22-21-36(25-28-11-6-4-7-12-28)26-29-13-8-5-9-14-29/h4-20,23H,21-22,24-26H2,1-3H3,(H,35,37). The van der Waals surface area contributed by atoms with E-state index in [0.29, 0.717) is 24.5 Å². The van der Waals surface area contributed by atoms with Gasteiger partial charge < -0.3 is 10.1 Å². The summed E-state index contributed by atoms with van der Waals surface area (Å²) in [7, 11) is 0. The van der Waals surface area contributed by atoms with E-state index in [1.807, 2.05) is 36.4 Å². The molecule has 0 aromatic heterocycles. The molecule has 4 aromatic carbocycles. The fourth-order valence-corrected chi connectivity index (χ4v) is 4.32. The Labute approximate surface area is 227 Å². The topological polar surface area (TPSA) is 41.6 Å². The largest absolute Gasteiger partial charge is 0.492 e. The van der Waals surface area contributed by atoms with Gasteiger partial charge in [0.05, 0.1) is 0 Å². The predicted molar refractivity (Wildman–Crippen MR) is 155 cm³/mol. The molecule has 0 spiro atoms. The number of ether oxygens (including phenoxy) is 1. The summed E-state index contributed by atoms with van der Waals surface area (Å²) in [5.74, 6) is 0.594. The SMILES string of the molecule is CC(C)(C)c1ccc(CNC(=O)c2cccc(OCCN(Cc3ccccc3)Cc3ccccc3)c2)cc1. The van der Waals surface area contributed by atoms with Gasteiger partial charge in [0.2, 0.25) is 0 Å². The first-order valence-electron chi connectivity index (χ1n) is 13.3. The van der Waals surface area contributed by atoms with Crippen molar-refractivity contribution in [2.45, 2.75) is 45.8 Å². The lowest BCUT2D eigenvalue weighted by atomic mass is 9.87. The molecule has 0 saturated carbocycles. The third-order valence-electron chi connectivity index (χ3n) is 6.54. The van der Waals surface area contributed by atoms with E-state index in [0.717, 1.165) is 25.2 Å². The first-order chi connectivity index (χ1) is 18.4. The highest BCUT2D eigenvalue weighted by atomic mass is 16.5. The molecule has 4 heteroatoms. The Balaban J connectivity index is 1.31. The Morgan fingerprint density at radius 3 is 1.92 bits per heavy atom. The Morgan fingerprint density at radius 2 is 1.34 bits per heavy atom. The van der Waals surface area contributed by atoms with Crippen LogP contribution in [0.3, 0.4) is 0 Å². The van der Waals surface area contributed by atoms with E-state index in [2.05, 4.69) is 104 Å². The van der Waals surface area contributed by atoms with Crippen molar-refractivity contribution in [3.8, 4) is 5.75 Å². The van der Waals surface area contributed by atoms with Crippen LogP contribution >= 0.6 is 0 Å². The molecule has 0 radical (unpaired) electrons. The van der Waals surface area contributed by atoms with Crippen LogP contribution in [-0.4, -0.2) is 24.0 Å². The molecule has 1 N–H and O–H groups in total. The number of carbonyl (C=O) groups is 1. The maximum atomic E-state index is 12.8. The van der Waals surface area contributed by atoms with Crippen LogP contribution in [0.5, 0.6) is 5.75 Å². The number of nitrogens with one attached hydrogen (secondary N) is 1. The lowest BCUT2D eigenvalue weighted by Crippen LogP contribution is -2.28. The molecule has 0 atom stereocenters. The van der Waals surface area contributed by atoms with Gasteiger partial charge in [-0.1, -0.05) is 112 Å². The van der Waals surface area contributed by atoms with Crippen molar-refractivity contribution in [1.82, 2.24) is 10.2 Å². The lowest BCUT2D eigenvalue weighted by molar-refractivity contribution is 0.0950. The second-order valence-corrected chi connectivity index (χ2v) is 10.7. The summed E-state index contributed by atoms with van der Waals surface area (Å²) in [5, 5.41) is 3.03. The Kier molecular flexibility index (Phi) is 9.34. The zero-order valence-corrected chi connectivity index (χ0v) is 22.7. The van der Waals surface area contributed by atoms with Gasteiger partial charge in [-0.05, 0) is 45.9 Å². The predicted octanol–water partition coefficient (Wildman–Crippen LogP) is 7.00. The minimum absolute atomic E-state index is 0.106. The number of amides is 1. The van der Waals surface area contributed by atoms with E-state index in [1.165, 1.54) is 16.7 Å². The van der Waals surface area contributed by atoms with Crippen LogP contribution in [0, 0.1) is 0 Å². The number of benzene rings is 4. The van der Waals surface area contributed by atoms with E-state index in [1.54, 1.807) is 0 Å². The van der Waals surface area contributed by atoms with Crippen molar-refractivity contribution >= 4 is 5.91 Å². The molecule has 0 saturated heterocycles. The molecule has 196 valence electrons. The summed E-state index contributed by atoms with van der Waals surface area (Å²) in [6.45, 7) is 10.1. The highest BCUT2D eigenvalue weighted by Gasteiger charge is 2.13. The second kappa shape index (κ2) is 13.1. The van der Waals surface area contributed by atoms with Crippen molar-refractivity contribution in [3.05, 3.63) is 137 Å². The van der Waals surface area contributed by atoms with Crippen molar-refractivity contribution < 1.29 is 9.53 Å². The van der Waals surface area contributed by atoms with Crippen molar-refractivity contribution in [2.24, 2.45) is 0 Å². The number of nitrogens with zero attached hydrogens (tertiary/aromatic N) is 1. The summed E-state index contributed by atoms with van der Waals surface area (Å²) in [5.41, 5.74) is 5.62. The Morgan fingerprint density at radius 1 is 0.737 bits per heavy atom. The molecule has 4 aromatic rings. The molecule has 4 nitrogen and oxygen atoms in total. The van der Waals surface area contributed by atoms with Gasteiger partial charge in [-0.2, -0.15) is 0 Å². The van der Waals surface area contributed by atoms with Crippen LogP contribution in [0.25, 0.3) is 0 Å². The second-order valence-electron chi connectivity index (χ2n) is 10.7. The zero-order valence-electron chi connectivity index (χ0n) is 22.7. The summed E-state index contributed by atoms with van der Waals surface area (Å²) in [6.07, 6.45) is 0. The fraction of sp³-hybridized carbons (Fsp3) is 0.265. The van der Waals surface area contributed by atoms with Crippen molar-refractivity contribution in [2.75, 3.05) is 13.2 Å². The average molecular weight is 507 g/mol. The molecule has 38 heavy (non-hydrogen) atoms. The van der Waals surface area contributed by atoms with Gasteiger partial charge in [0.15, 0.2) is 0 Å². The first kappa shape index (κ1) is 27.2. The van der Waals surface area contributed by atoms with Gasteiger partial charge >= 0.3 is 0 Å². The van der Waals surface area contributed by atoms with Crippen LogP contribution in [0.15, 0.2) is 109 Å². The third-order valence-corrected chi connectivity index (χ3v) is 6.54. The van der Waals surface area contributed by atoms with Crippen LogP contribution in [0.1, 0.15) is 53.4 Å². The van der Waals surface area contributed by atoms with Crippen LogP contribution in [0.4, 0.5) is 0 Å². The molecular weight excluding hydrogens is 468 g/mol. The van der Waals surface area contributed by atoms with Gasteiger partial charge in [-0.25, -0.2) is 0 Å². The number of hydrogen-bond acceptors (Lipinski definition) is 3. The molecule has 0 fully saturated rings. The lowest BCUT2D eigenvalue weighted by Gasteiger charge is -2.23. The van der Waals surface area contributed by atoms with Crippen molar-refractivity contribution in [3.63, 3.8) is 0 Å². The van der Waals surface area contributed by atoms with Gasteiger partial charge in [0, 0.05) is 31.7 Å². The maximum Gasteiger partial charge on any atom is 0.251 e. The third kappa shape index (κ3) is 8.32. The number of hydrogen-bond donors (Lipinski definition) is 1. The average Bonchev–Trinajstić information content (AvgIpc) is 2.93. The van der Waals surface area contributed by atoms with Gasteiger partial charge in [0.1, 0.15) is 12.4 Å². The number of carbonyl (C=O) groups excluding carboxylic acids is 1. The minimum Gasteiger partial charge on any atom is -0.492 e. The van der Waals surface area contributed by atoms with E-state index in [4.69, 9.17) is 4.74 Å². The molecule has 4 rings (SSSR count). The number of rotatable bonds is 11. The highest BCUT2D eigenvalue weighted by molar-refractivity contribution is 5.94. The molecule has 0 aliphatic rings. The molecule has 0 unspecified atom stereocenters. The molecule has 1 amide bonds. The molecule has 0 heterocycles. The zero-order chi connectivity index (χ0) is 26.8. The molecular formula is C34H38N2O2. The van der Waals surface area contributed by atoms with E-state index < -0.39 is 0 Å². The minimum atomic E-state index is -0.106. The molecule has 0 bridgehead atoms. The van der Waals surface area contributed by atoms with Gasteiger partial charge in [-0.15, -0.1) is 0 Å². The molecule has 0 aliphatic carbocycles. The quantitative estimate of drug-likeness (QED) is 0.238. The summed E-state index contributed by atoms with van der Waals surface area (Å²) in [4.78, 5) is 15.2. The Bertz CT molecular complexity index is 1240. The van der Waals surface area contributed by atoms with E-state index in [9.17, 15) is 4.79 Å². The van der Waals surface area contributed by atoms with Gasteiger partial charge in [-0.3, -0.25) is 9.69 Å². The van der Waals surface area contributed by atoms with Crippen LogP contribution in [-0.2, 0) is 25.0 Å². The smallest absolute Gasteiger partial charge is 0.251 e. The molecule has 0 aliphatic heterocycles. The summed E-state index contributed by atoms with van der Waals surface area (Å²) >= 11 is 0. The van der Waals surface area contributed by atoms with Crippen molar-refractivity contribution in [1.29, 1.82) is 0 Å². The summed E-state index contributed by atoms with van der Waals surface area (Å²) in [6, 6.07) is 36.8. The highest BCUT2D eigenvalue weighted by Crippen LogP contribution is 2.22. The summed E-state index contributed by atoms with van der Waals surface area (Å²) < 4.78 is 6.09. The fourth-order valence-electron chi connectivity index (χ4n) is 4.32.